The van der Waals surface area contributed by atoms with Crippen LogP contribution in [0.4, 0.5) is 0 Å². The minimum absolute atomic E-state index is 0.716. The Morgan fingerprint density at radius 1 is 1.24 bits per heavy atom. The van der Waals surface area contributed by atoms with E-state index in [2.05, 4.69) is 52.9 Å². The van der Waals surface area contributed by atoms with E-state index in [4.69, 9.17) is 4.74 Å². The third-order valence-corrected chi connectivity index (χ3v) is 4.99. The Hall–Kier alpha value is -0.380. The highest BCUT2D eigenvalue weighted by Crippen LogP contribution is 2.22. The quantitative estimate of drug-likeness (QED) is 0.657. The molecule has 1 saturated heterocycles. The maximum atomic E-state index is 5.85. The van der Waals surface area contributed by atoms with E-state index in [1.54, 1.807) is 0 Å². The van der Waals surface area contributed by atoms with Crippen molar-refractivity contribution in [3.05, 3.63) is 34.3 Å². The number of hydrogen-bond acceptors (Lipinski definition) is 2. The fraction of sp³-hybridized carbons (Fsp3) is 0.667. The third kappa shape index (κ3) is 6.09. The number of likely N-dealkylation sites (tertiary alicyclic amines) is 1. The average molecular weight is 354 g/mol. The second-order valence-corrected chi connectivity index (χ2v) is 7.42. The van der Waals surface area contributed by atoms with Gasteiger partial charge < -0.3 is 9.64 Å². The lowest BCUT2D eigenvalue weighted by Crippen LogP contribution is -2.36. The fourth-order valence-corrected chi connectivity index (χ4v) is 3.42. The first-order chi connectivity index (χ1) is 10.1. The van der Waals surface area contributed by atoms with Crippen molar-refractivity contribution in [2.45, 2.75) is 39.7 Å². The van der Waals surface area contributed by atoms with Crippen molar-refractivity contribution < 1.29 is 4.74 Å². The molecule has 1 aromatic rings. The molecule has 0 N–H and O–H groups in total. The van der Waals surface area contributed by atoms with Crippen molar-refractivity contribution in [1.29, 1.82) is 0 Å². The Morgan fingerprint density at radius 3 is 2.62 bits per heavy atom. The zero-order valence-corrected chi connectivity index (χ0v) is 14.9. The molecule has 0 spiro atoms. The maximum absolute atomic E-state index is 5.85. The Balaban J connectivity index is 1.59. The number of hydrogen-bond donors (Lipinski definition) is 0. The summed E-state index contributed by atoms with van der Waals surface area (Å²) in [5.74, 6) is 1.64. The van der Waals surface area contributed by atoms with Crippen LogP contribution in [0.2, 0.25) is 0 Å². The van der Waals surface area contributed by atoms with Gasteiger partial charge in [-0.3, -0.25) is 0 Å². The Kier molecular flexibility index (Phi) is 7.21. The van der Waals surface area contributed by atoms with E-state index in [1.807, 2.05) is 6.07 Å². The van der Waals surface area contributed by atoms with Crippen LogP contribution in [-0.4, -0.2) is 31.1 Å². The third-order valence-electron chi connectivity index (χ3n) is 4.22. The zero-order chi connectivity index (χ0) is 15.1. The molecular formula is C18H28BrNO. The summed E-state index contributed by atoms with van der Waals surface area (Å²) < 4.78 is 7.00. The molecule has 3 heteroatoms. The van der Waals surface area contributed by atoms with Gasteiger partial charge >= 0.3 is 0 Å². The summed E-state index contributed by atoms with van der Waals surface area (Å²) in [6, 6.07) is 8.30. The molecule has 0 saturated carbocycles. The lowest BCUT2D eigenvalue weighted by atomic mass is 9.93. The van der Waals surface area contributed by atoms with Gasteiger partial charge in [-0.25, -0.2) is 0 Å². The number of rotatable bonds is 7. The van der Waals surface area contributed by atoms with Crippen LogP contribution in [-0.2, 0) is 11.3 Å². The normalized spacial score (nSPS) is 17.5. The van der Waals surface area contributed by atoms with Gasteiger partial charge in [0, 0.05) is 17.6 Å². The number of piperidine rings is 1. The van der Waals surface area contributed by atoms with E-state index in [0.29, 0.717) is 6.61 Å². The first kappa shape index (κ1) is 17.0. The highest BCUT2D eigenvalue weighted by Gasteiger charge is 2.19. The molecule has 0 unspecified atom stereocenters. The smallest absolute Gasteiger partial charge is 0.0727 e. The lowest BCUT2D eigenvalue weighted by molar-refractivity contribution is 0.0890. The van der Waals surface area contributed by atoms with Crippen LogP contribution >= 0.6 is 15.9 Å². The van der Waals surface area contributed by atoms with E-state index in [-0.39, 0.29) is 0 Å². The number of halogens is 1. The molecule has 0 atom stereocenters. The SMILES string of the molecule is CC(C)CN1CCC(CCOCc2ccccc2Br)CC1. The Morgan fingerprint density at radius 2 is 1.95 bits per heavy atom. The molecule has 2 nitrogen and oxygen atoms in total. The Labute approximate surface area is 138 Å². The molecule has 2 rings (SSSR count). The second kappa shape index (κ2) is 8.92. The predicted octanol–water partition coefficient (Wildman–Crippen LogP) is 4.72. The van der Waals surface area contributed by atoms with Crippen molar-refractivity contribution >= 4 is 15.9 Å². The van der Waals surface area contributed by atoms with Gasteiger partial charge in [0.1, 0.15) is 0 Å². The van der Waals surface area contributed by atoms with Gasteiger partial charge in [0.05, 0.1) is 6.61 Å². The molecule has 0 aromatic heterocycles. The molecule has 118 valence electrons. The van der Waals surface area contributed by atoms with E-state index < -0.39 is 0 Å². The summed E-state index contributed by atoms with van der Waals surface area (Å²) in [6.45, 7) is 10.0. The van der Waals surface area contributed by atoms with Crippen molar-refractivity contribution in [2.75, 3.05) is 26.2 Å². The van der Waals surface area contributed by atoms with Crippen LogP contribution < -0.4 is 0 Å². The van der Waals surface area contributed by atoms with Crippen LogP contribution in [0, 0.1) is 11.8 Å². The van der Waals surface area contributed by atoms with Crippen molar-refractivity contribution in [2.24, 2.45) is 11.8 Å². The summed E-state index contributed by atoms with van der Waals surface area (Å²) in [7, 11) is 0. The number of nitrogens with zero attached hydrogens (tertiary/aromatic N) is 1. The van der Waals surface area contributed by atoms with Crippen LogP contribution in [0.25, 0.3) is 0 Å². The van der Waals surface area contributed by atoms with Crippen molar-refractivity contribution in [1.82, 2.24) is 4.90 Å². The lowest BCUT2D eigenvalue weighted by Gasteiger charge is -2.32. The molecule has 0 amide bonds. The highest BCUT2D eigenvalue weighted by atomic mass is 79.9. The van der Waals surface area contributed by atoms with Crippen LogP contribution in [0.1, 0.15) is 38.7 Å². The molecule has 0 bridgehead atoms. The van der Waals surface area contributed by atoms with Gasteiger partial charge in [0.15, 0.2) is 0 Å². The van der Waals surface area contributed by atoms with Crippen LogP contribution in [0.15, 0.2) is 28.7 Å². The van der Waals surface area contributed by atoms with Gasteiger partial charge in [-0.1, -0.05) is 48.0 Å². The molecule has 1 aromatic carbocycles. The van der Waals surface area contributed by atoms with Gasteiger partial charge in [0.2, 0.25) is 0 Å². The summed E-state index contributed by atoms with van der Waals surface area (Å²) in [5.41, 5.74) is 1.24. The summed E-state index contributed by atoms with van der Waals surface area (Å²) in [5, 5.41) is 0. The summed E-state index contributed by atoms with van der Waals surface area (Å²) in [4.78, 5) is 2.61. The van der Waals surface area contributed by atoms with Gasteiger partial charge in [-0.2, -0.15) is 0 Å². The average Bonchev–Trinajstić information content (AvgIpc) is 2.46. The standard InChI is InChI=1S/C18H28BrNO/c1-15(2)13-20-10-7-16(8-11-20)9-12-21-14-17-5-3-4-6-18(17)19/h3-6,15-16H,7-14H2,1-2H3. The molecule has 21 heavy (non-hydrogen) atoms. The predicted molar refractivity (Wildman–Crippen MR) is 92.4 cm³/mol. The van der Waals surface area contributed by atoms with E-state index >= 15 is 0 Å². The van der Waals surface area contributed by atoms with Gasteiger partial charge in [0.25, 0.3) is 0 Å². The maximum Gasteiger partial charge on any atom is 0.0727 e. The monoisotopic (exact) mass is 353 g/mol. The number of benzene rings is 1. The highest BCUT2D eigenvalue weighted by molar-refractivity contribution is 9.10. The van der Waals surface area contributed by atoms with E-state index in [9.17, 15) is 0 Å². The molecule has 1 fully saturated rings. The van der Waals surface area contributed by atoms with E-state index in [1.165, 1.54) is 44.5 Å². The topological polar surface area (TPSA) is 12.5 Å². The molecule has 1 aliphatic heterocycles. The summed E-state index contributed by atoms with van der Waals surface area (Å²) >= 11 is 3.57. The second-order valence-electron chi connectivity index (χ2n) is 6.57. The van der Waals surface area contributed by atoms with Gasteiger partial charge in [-0.15, -0.1) is 0 Å². The minimum atomic E-state index is 0.716. The van der Waals surface area contributed by atoms with Gasteiger partial charge in [-0.05, 0) is 55.8 Å². The van der Waals surface area contributed by atoms with Crippen molar-refractivity contribution in [3.8, 4) is 0 Å². The first-order valence-electron chi connectivity index (χ1n) is 8.18. The largest absolute Gasteiger partial charge is 0.377 e. The molecule has 1 heterocycles. The van der Waals surface area contributed by atoms with E-state index in [0.717, 1.165) is 22.9 Å². The van der Waals surface area contributed by atoms with Crippen LogP contribution in [0.5, 0.6) is 0 Å². The zero-order valence-electron chi connectivity index (χ0n) is 13.4. The Bertz CT molecular complexity index is 413. The molecular weight excluding hydrogens is 326 g/mol. The first-order valence-corrected chi connectivity index (χ1v) is 8.98. The molecule has 0 aliphatic carbocycles. The fourth-order valence-electron chi connectivity index (χ4n) is 3.02. The number of ether oxygens (including phenoxy) is 1. The summed E-state index contributed by atoms with van der Waals surface area (Å²) in [6.07, 6.45) is 3.89. The van der Waals surface area contributed by atoms with Crippen molar-refractivity contribution in [3.63, 3.8) is 0 Å². The molecule has 1 aliphatic rings. The molecule has 0 radical (unpaired) electrons. The minimum Gasteiger partial charge on any atom is -0.377 e. The van der Waals surface area contributed by atoms with Crippen LogP contribution in [0.3, 0.4) is 0 Å².